The Hall–Kier alpha value is -2.60. The lowest BCUT2D eigenvalue weighted by Gasteiger charge is -2.44. The molecule has 3 fully saturated rings. The molecule has 0 saturated carbocycles. The van der Waals surface area contributed by atoms with Gasteiger partial charge in [-0.15, -0.1) is 0 Å². The van der Waals surface area contributed by atoms with Gasteiger partial charge in [-0.05, 0) is 97.5 Å². The standard InChI is InChI=1S/C30H39FN2O3/c1-4-5-16-35-23-8-6-20(7-9-23)24-17-22-10-13-30(2,3)28(25(22)18-26(24)31)32-29(34)36-27-19-33-14-11-21(27)12-15-33/h6-9,17-18,21,27-28H,4-5,10-16,19H2,1-3H3,(H,32,34)/t27-,28-/m0/s1. The number of benzene rings is 2. The fourth-order valence-electron chi connectivity index (χ4n) is 6.03. The minimum atomic E-state index is -0.386. The first-order valence-electron chi connectivity index (χ1n) is 13.6. The molecule has 0 radical (unpaired) electrons. The first-order chi connectivity index (χ1) is 17.3. The molecule has 4 aliphatic rings. The number of carbonyl (C=O) groups is 1. The Bertz CT molecular complexity index is 1080. The number of rotatable bonds is 7. The van der Waals surface area contributed by atoms with Crippen molar-refractivity contribution in [2.24, 2.45) is 11.3 Å². The molecule has 3 saturated heterocycles. The number of nitrogens with zero attached hydrogens (tertiary/aromatic N) is 1. The Balaban J connectivity index is 1.33. The van der Waals surface area contributed by atoms with Gasteiger partial charge in [0.15, 0.2) is 0 Å². The third kappa shape index (κ3) is 5.24. The molecule has 5 nitrogen and oxygen atoms in total. The van der Waals surface area contributed by atoms with Gasteiger partial charge in [-0.1, -0.05) is 39.3 Å². The molecule has 3 heterocycles. The quantitative estimate of drug-likeness (QED) is 0.446. The summed E-state index contributed by atoms with van der Waals surface area (Å²) in [5, 5.41) is 3.13. The second-order valence-corrected chi connectivity index (χ2v) is 11.4. The molecule has 1 aliphatic carbocycles. The van der Waals surface area contributed by atoms with Gasteiger partial charge in [-0.3, -0.25) is 4.90 Å². The van der Waals surface area contributed by atoms with E-state index in [0.29, 0.717) is 18.1 Å². The molecule has 0 unspecified atom stereocenters. The van der Waals surface area contributed by atoms with Crippen molar-refractivity contribution in [3.05, 3.63) is 53.3 Å². The lowest BCUT2D eigenvalue weighted by atomic mass is 9.70. The van der Waals surface area contributed by atoms with Crippen LogP contribution in [0.25, 0.3) is 11.1 Å². The molecule has 2 atom stereocenters. The van der Waals surface area contributed by atoms with Gasteiger partial charge in [0.1, 0.15) is 17.7 Å². The molecule has 1 N–H and O–H groups in total. The second-order valence-electron chi connectivity index (χ2n) is 11.4. The summed E-state index contributed by atoms with van der Waals surface area (Å²) in [7, 11) is 0. The summed E-state index contributed by atoms with van der Waals surface area (Å²) in [6, 6.07) is 10.9. The molecule has 6 heteroatoms. The third-order valence-electron chi connectivity index (χ3n) is 8.41. The summed E-state index contributed by atoms with van der Waals surface area (Å²) in [4.78, 5) is 15.4. The van der Waals surface area contributed by atoms with E-state index in [1.54, 1.807) is 6.07 Å². The van der Waals surface area contributed by atoms with Crippen LogP contribution >= 0.6 is 0 Å². The van der Waals surface area contributed by atoms with E-state index in [-0.39, 0.29) is 29.5 Å². The molecule has 3 aliphatic heterocycles. The van der Waals surface area contributed by atoms with E-state index in [4.69, 9.17) is 9.47 Å². The van der Waals surface area contributed by atoms with Gasteiger partial charge in [0.2, 0.25) is 0 Å². The number of alkyl carbamates (subject to hydrolysis) is 1. The summed E-state index contributed by atoms with van der Waals surface area (Å²) in [5.74, 6) is 0.984. The molecule has 2 bridgehead atoms. The Kier molecular flexibility index (Phi) is 7.25. The Morgan fingerprint density at radius 3 is 2.58 bits per heavy atom. The van der Waals surface area contributed by atoms with E-state index < -0.39 is 0 Å². The molecule has 0 aromatic heterocycles. The molecule has 2 aromatic carbocycles. The highest BCUT2D eigenvalue weighted by Crippen LogP contribution is 2.45. The maximum atomic E-state index is 15.5. The zero-order chi connectivity index (χ0) is 25.3. The van der Waals surface area contributed by atoms with Crippen molar-refractivity contribution in [2.75, 3.05) is 26.2 Å². The highest BCUT2D eigenvalue weighted by atomic mass is 19.1. The van der Waals surface area contributed by atoms with Crippen molar-refractivity contribution in [3.8, 4) is 16.9 Å². The average Bonchev–Trinajstić information content (AvgIpc) is 2.87. The fraction of sp³-hybridized carbons (Fsp3) is 0.567. The zero-order valence-corrected chi connectivity index (χ0v) is 21.8. The summed E-state index contributed by atoms with van der Waals surface area (Å²) < 4.78 is 27.1. The number of hydrogen-bond acceptors (Lipinski definition) is 4. The van der Waals surface area contributed by atoms with Crippen LogP contribution in [-0.2, 0) is 11.2 Å². The van der Waals surface area contributed by atoms with Crippen molar-refractivity contribution < 1.29 is 18.7 Å². The Morgan fingerprint density at radius 2 is 1.92 bits per heavy atom. The molecular formula is C30H39FN2O3. The fourth-order valence-corrected chi connectivity index (χ4v) is 6.03. The number of unbranched alkanes of at least 4 members (excludes halogenated alkanes) is 1. The van der Waals surface area contributed by atoms with Crippen LogP contribution in [0.4, 0.5) is 9.18 Å². The number of ether oxygens (including phenoxy) is 2. The van der Waals surface area contributed by atoms with Crippen LogP contribution in [0.5, 0.6) is 5.75 Å². The highest BCUT2D eigenvalue weighted by molar-refractivity contribution is 5.70. The van der Waals surface area contributed by atoms with Crippen LogP contribution in [0.3, 0.4) is 0 Å². The highest BCUT2D eigenvalue weighted by Gasteiger charge is 2.40. The largest absolute Gasteiger partial charge is 0.494 e. The van der Waals surface area contributed by atoms with Crippen molar-refractivity contribution in [1.82, 2.24) is 10.2 Å². The van der Waals surface area contributed by atoms with Crippen molar-refractivity contribution in [1.29, 1.82) is 0 Å². The zero-order valence-electron chi connectivity index (χ0n) is 21.8. The second kappa shape index (κ2) is 10.4. The SMILES string of the molecule is CCCCOc1ccc(-c2cc3c(cc2F)[C@H](NC(=O)O[C@H]2CN4CCC2CC4)C(C)(C)CC3)cc1. The van der Waals surface area contributed by atoms with Crippen LogP contribution in [0.1, 0.15) is 70.0 Å². The monoisotopic (exact) mass is 494 g/mol. The number of aryl methyl sites for hydroxylation is 1. The topological polar surface area (TPSA) is 50.8 Å². The van der Waals surface area contributed by atoms with Gasteiger partial charge < -0.3 is 14.8 Å². The third-order valence-corrected chi connectivity index (χ3v) is 8.41. The Morgan fingerprint density at radius 1 is 1.17 bits per heavy atom. The molecule has 2 aromatic rings. The molecule has 1 amide bonds. The van der Waals surface area contributed by atoms with Crippen LogP contribution in [0.2, 0.25) is 0 Å². The van der Waals surface area contributed by atoms with Gasteiger partial charge in [0.05, 0.1) is 12.6 Å². The van der Waals surface area contributed by atoms with E-state index >= 15 is 4.39 Å². The number of nitrogens with one attached hydrogen (secondary N) is 1. The lowest BCUT2D eigenvalue weighted by Crippen LogP contribution is -2.53. The van der Waals surface area contributed by atoms with E-state index in [2.05, 4.69) is 31.0 Å². The predicted molar refractivity (Wildman–Crippen MR) is 140 cm³/mol. The number of piperidine rings is 3. The smallest absolute Gasteiger partial charge is 0.407 e. The van der Waals surface area contributed by atoms with E-state index in [9.17, 15) is 4.79 Å². The molecule has 6 rings (SSSR count). The predicted octanol–water partition coefficient (Wildman–Crippen LogP) is 6.51. The molecule has 36 heavy (non-hydrogen) atoms. The van der Waals surface area contributed by atoms with Crippen LogP contribution in [-0.4, -0.2) is 43.3 Å². The summed E-state index contributed by atoms with van der Waals surface area (Å²) in [6.45, 7) is 10.1. The number of hydrogen-bond donors (Lipinski definition) is 1. The Labute approximate surface area is 214 Å². The summed E-state index contributed by atoms with van der Waals surface area (Å²) >= 11 is 0. The maximum Gasteiger partial charge on any atom is 0.407 e. The number of carbonyl (C=O) groups excluding carboxylic acids is 1. The van der Waals surface area contributed by atoms with Gasteiger partial charge in [0, 0.05) is 12.1 Å². The minimum Gasteiger partial charge on any atom is -0.494 e. The van der Waals surface area contributed by atoms with Gasteiger partial charge in [0.25, 0.3) is 0 Å². The van der Waals surface area contributed by atoms with Gasteiger partial charge in [-0.25, -0.2) is 9.18 Å². The van der Waals surface area contributed by atoms with Crippen LogP contribution in [0, 0.1) is 17.2 Å². The lowest BCUT2D eigenvalue weighted by molar-refractivity contribution is -0.0353. The van der Waals surface area contributed by atoms with Crippen LogP contribution in [0.15, 0.2) is 36.4 Å². The first kappa shape index (κ1) is 25.1. The van der Waals surface area contributed by atoms with Crippen molar-refractivity contribution >= 4 is 6.09 Å². The molecule has 0 spiro atoms. The van der Waals surface area contributed by atoms with Crippen LogP contribution < -0.4 is 10.1 Å². The number of halogens is 1. The normalized spacial score (nSPS) is 26.2. The van der Waals surface area contributed by atoms with E-state index in [1.807, 2.05) is 30.3 Å². The molecule has 194 valence electrons. The maximum absolute atomic E-state index is 15.5. The van der Waals surface area contributed by atoms with Crippen molar-refractivity contribution in [2.45, 2.75) is 71.4 Å². The minimum absolute atomic E-state index is 0.0493. The summed E-state index contributed by atoms with van der Waals surface area (Å²) in [5.41, 5.74) is 3.16. The van der Waals surface area contributed by atoms with E-state index in [0.717, 1.165) is 80.6 Å². The van der Waals surface area contributed by atoms with E-state index in [1.165, 1.54) is 0 Å². The number of fused-ring (bicyclic) bond motifs is 4. The first-order valence-corrected chi connectivity index (χ1v) is 13.6. The van der Waals surface area contributed by atoms with Gasteiger partial charge in [-0.2, -0.15) is 0 Å². The average molecular weight is 495 g/mol. The van der Waals surface area contributed by atoms with Gasteiger partial charge >= 0.3 is 6.09 Å². The number of amides is 1. The van der Waals surface area contributed by atoms with Crippen molar-refractivity contribution in [3.63, 3.8) is 0 Å². The molecular weight excluding hydrogens is 455 g/mol. The summed E-state index contributed by atoms with van der Waals surface area (Å²) in [6.07, 6.45) is 5.60.